The molecule has 0 spiro atoms. The molecule has 23 heavy (non-hydrogen) atoms. The van der Waals surface area contributed by atoms with Gasteiger partial charge >= 0.3 is 0 Å². The number of halogens is 1. The molecule has 0 aromatic heterocycles. The molecule has 2 N–H and O–H groups in total. The fourth-order valence-corrected chi connectivity index (χ4v) is 3.53. The highest BCUT2D eigenvalue weighted by Crippen LogP contribution is 2.21. The minimum absolute atomic E-state index is 0. The molecule has 0 aromatic rings. The molecular formula is C17H37IN4S. The molecule has 0 aromatic carbocycles. The highest BCUT2D eigenvalue weighted by Gasteiger charge is 2.17. The van der Waals surface area contributed by atoms with E-state index < -0.39 is 0 Å². The van der Waals surface area contributed by atoms with E-state index in [0.29, 0.717) is 0 Å². The summed E-state index contributed by atoms with van der Waals surface area (Å²) < 4.78 is 0. The van der Waals surface area contributed by atoms with Crippen molar-refractivity contribution < 1.29 is 0 Å². The fourth-order valence-electron chi connectivity index (χ4n) is 3.04. The Morgan fingerprint density at radius 1 is 1.09 bits per heavy atom. The van der Waals surface area contributed by atoms with Crippen LogP contribution in [0.5, 0.6) is 0 Å². The van der Waals surface area contributed by atoms with Crippen LogP contribution in [0.1, 0.15) is 51.4 Å². The lowest BCUT2D eigenvalue weighted by Crippen LogP contribution is -2.40. The predicted molar refractivity (Wildman–Crippen MR) is 117 cm³/mol. The highest BCUT2D eigenvalue weighted by atomic mass is 127. The number of hydrogen-bond donors (Lipinski definition) is 2. The van der Waals surface area contributed by atoms with E-state index in [2.05, 4.69) is 33.8 Å². The van der Waals surface area contributed by atoms with Crippen molar-refractivity contribution in [2.24, 2.45) is 4.99 Å². The molecule has 1 fully saturated rings. The maximum Gasteiger partial charge on any atom is 0.190 e. The van der Waals surface area contributed by atoms with Crippen LogP contribution in [0.4, 0.5) is 0 Å². The Hall–Kier alpha value is 0.310. The summed E-state index contributed by atoms with van der Waals surface area (Å²) in [5, 5.41) is 6.82. The van der Waals surface area contributed by atoms with Gasteiger partial charge in [0.2, 0.25) is 0 Å². The van der Waals surface area contributed by atoms with E-state index in [1.165, 1.54) is 63.7 Å². The number of unbranched alkanes of at least 4 members (excludes halogenated alkanes) is 1. The molecule has 0 atom stereocenters. The van der Waals surface area contributed by atoms with Crippen molar-refractivity contribution >= 4 is 41.7 Å². The van der Waals surface area contributed by atoms with E-state index in [1.807, 2.05) is 18.8 Å². The number of rotatable bonds is 10. The van der Waals surface area contributed by atoms with E-state index in [-0.39, 0.29) is 24.0 Å². The number of hydrogen-bond acceptors (Lipinski definition) is 3. The molecule has 0 amide bonds. The van der Waals surface area contributed by atoms with E-state index >= 15 is 0 Å². The van der Waals surface area contributed by atoms with Crippen molar-refractivity contribution in [2.75, 3.05) is 45.7 Å². The minimum Gasteiger partial charge on any atom is -0.356 e. The molecule has 0 radical (unpaired) electrons. The molecule has 1 aliphatic rings. The molecule has 0 bridgehead atoms. The number of nitrogens with zero attached hydrogens (tertiary/aromatic N) is 2. The summed E-state index contributed by atoms with van der Waals surface area (Å²) in [6.45, 7) is 3.20. The second-order valence-corrected chi connectivity index (χ2v) is 7.24. The smallest absolute Gasteiger partial charge is 0.190 e. The third-order valence-electron chi connectivity index (χ3n) is 4.47. The van der Waals surface area contributed by atoms with Crippen molar-refractivity contribution in [3.05, 3.63) is 0 Å². The van der Waals surface area contributed by atoms with Gasteiger partial charge in [-0.3, -0.25) is 4.99 Å². The van der Waals surface area contributed by atoms with Crippen LogP contribution in [0.2, 0.25) is 0 Å². The van der Waals surface area contributed by atoms with Crippen LogP contribution in [0.3, 0.4) is 0 Å². The van der Waals surface area contributed by atoms with Gasteiger partial charge in [0.05, 0.1) is 0 Å². The maximum absolute atomic E-state index is 4.29. The normalized spacial score (nSPS) is 16.3. The zero-order valence-electron chi connectivity index (χ0n) is 15.3. The standard InChI is InChI=1S/C17H36N4S.HI/c1-18-17(19-12-7-8-15-22-3)20-13-9-14-21(2)16-10-5-4-6-11-16;/h16H,4-15H2,1-3H3,(H2,18,19,20);1H. The van der Waals surface area contributed by atoms with Gasteiger partial charge in [-0.1, -0.05) is 19.3 Å². The first-order chi connectivity index (χ1) is 10.8. The number of thioether (sulfide) groups is 1. The molecule has 1 rings (SSSR count). The van der Waals surface area contributed by atoms with E-state index in [1.54, 1.807) is 0 Å². The van der Waals surface area contributed by atoms with Crippen LogP contribution < -0.4 is 10.6 Å². The van der Waals surface area contributed by atoms with Gasteiger partial charge in [0.25, 0.3) is 0 Å². The zero-order chi connectivity index (χ0) is 16.0. The lowest BCUT2D eigenvalue weighted by atomic mass is 9.94. The number of nitrogens with one attached hydrogen (secondary N) is 2. The number of guanidine groups is 1. The summed E-state index contributed by atoms with van der Waals surface area (Å²) in [5.41, 5.74) is 0. The Morgan fingerprint density at radius 3 is 2.35 bits per heavy atom. The Labute approximate surface area is 165 Å². The Morgan fingerprint density at radius 2 is 1.74 bits per heavy atom. The highest BCUT2D eigenvalue weighted by molar-refractivity contribution is 14.0. The van der Waals surface area contributed by atoms with Crippen LogP contribution in [0.25, 0.3) is 0 Å². The molecule has 4 nitrogen and oxygen atoms in total. The van der Waals surface area contributed by atoms with Gasteiger partial charge in [0, 0.05) is 26.2 Å². The molecule has 6 heteroatoms. The topological polar surface area (TPSA) is 39.7 Å². The van der Waals surface area contributed by atoms with Crippen molar-refractivity contribution in [2.45, 2.75) is 57.4 Å². The summed E-state index contributed by atoms with van der Waals surface area (Å²) in [4.78, 5) is 6.84. The van der Waals surface area contributed by atoms with Crippen molar-refractivity contribution in [3.63, 3.8) is 0 Å². The largest absolute Gasteiger partial charge is 0.356 e. The summed E-state index contributed by atoms with van der Waals surface area (Å²) in [5.74, 6) is 2.20. The van der Waals surface area contributed by atoms with Crippen LogP contribution in [-0.2, 0) is 0 Å². The molecule has 1 saturated carbocycles. The second-order valence-electron chi connectivity index (χ2n) is 6.25. The van der Waals surface area contributed by atoms with Gasteiger partial charge in [-0.2, -0.15) is 11.8 Å². The van der Waals surface area contributed by atoms with Crippen molar-refractivity contribution in [1.82, 2.24) is 15.5 Å². The van der Waals surface area contributed by atoms with Crippen LogP contribution >= 0.6 is 35.7 Å². The lowest BCUT2D eigenvalue weighted by molar-refractivity contribution is 0.190. The fraction of sp³-hybridized carbons (Fsp3) is 0.941. The predicted octanol–water partition coefficient (Wildman–Crippen LogP) is 3.57. The van der Waals surface area contributed by atoms with E-state index in [9.17, 15) is 0 Å². The van der Waals surface area contributed by atoms with Crippen LogP contribution in [0.15, 0.2) is 4.99 Å². The van der Waals surface area contributed by atoms with Gasteiger partial charge in [0.15, 0.2) is 5.96 Å². The van der Waals surface area contributed by atoms with E-state index in [4.69, 9.17) is 0 Å². The van der Waals surface area contributed by atoms with Crippen molar-refractivity contribution in [1.29, 1.82) is 0 Å². The molecule has 0 heterocycles. The molecule has 138 valence electrons. The monoisotopic (exact) mass is 456 g/mol. The zero-order valence-corrected chi connectivity index (χ0v) is 18.4. The van der Waals surface area contributed by atoms with Crippen LogP contribution in [-0.4, -0.2) is 62.6 Å². The summed E-state index contributed by atoms with van der Waals surface area (Å²) in [6, 6.07) is 0.822. The van der Waals surface area contributed by atoms with Gasteiger partial charge in [-0.25, -0.2) is 0 Å². The molecule has 0 saturated heterocycles. The first kappa shape index (κ1) is 23.3. The molecule has 0 aliphatic heterocycles. The molecule has 1 aliphatic carbocycles. The molecular weight excluding hydrogens is 419 g/mol. The molecule has 0 unspecified atom stereocenters. The summed E-state index contributed by atoms with van der Waals surface area (Å²) in [6.07, 6.45) is 12.9. The van der Waals surface area contributed by atoms with Gasteiger partial charge in [-0.05, 0) is 57.7 Å². The maximum atomic E-state index is 4.29. The van der Waals surface area contributed by atoms with Gasteiger partial charge < -0.3 is 15.5 Å². The summed E-state index contributed by atoms with van der Waals surface area (Å²) in [7, 11) is 4.14. The average molecular weight is 456 g/mol. The minimum atomic E-state index is 0. The first-order valence-electron chi connectivity index (χ1n) is 8.91. The van der Waals surface area contributed by atoms with Crippen LogP contribution in [0, 0.1) is 0 Å². The quantitative estimate of drug-likeness (QED) is 0.228. The lowest BCUT2D eigenvalue weighted by Gasteiger charge is -2.31. The van der Waals surface area contributed by atoms with Crippen molar-refractivity contribution in [3.8, 4) is 0 Å². The number of aliphatic imine (C=N–C) groups is 1. The van der Waals surface area contributed by atoms with Gasteiger partial charge in [0.1, 0.15) is 0 Å². The Kier molecular flexibility index (Phi) is 16.0. The SMILES string of the molecule is CN=C(NCCCCSC)NCCCN(C)C1CCCCC1.I. The second kappa shape index (κ2) is 15.8. The van der Waals surface area contributed by atoms with Gasteiger partial charge in [-0.15, -0.1) is 24.0 Å². The third kappa shape index (κ3) is 11.5. The third-order valence-corrected chi connectivity index (χ3v) is 5.17. The first-order valence-corrected chi connectivity index (χ1v) is 10.3. The Balaban J connectivity index is 0.00000484. The van der Waals surface area contributed by atoms with E-state index in [0.717, 1.165) is 25.1 Å². The summed E-state index contributed by atoms with van der Waals surface area (Å²) >= 11 is 1.92. The average Bonchev–Trinajstić information content (AvgIpc) is 2.57. The Bertz CT molecular complexity index is 296.